The molecule has 0 bridgehead atoms. The summed E-state index contributed by atoms with van der Waals surface area (Å²) in [6.07, 6.45) is 1.49. The summed E-state index contributed by atoms with van der Waals surface area (Å²) >= 11 is 0. The van der Waals surface area contributed by atoms with E-state index in [1.54, 1.807) is 0 Å². The van der Waals surface area contributed by atoms with Crippen molar-refractivity contribution in [2.45, 2.75) is 12.8 Å². The summed E-state index contributed by atoms with van der Waals surface area (Å²) in [5.74, 6) is 6.02. The van der Waals surface area contributed by atoms with Gasteiger partial charge in [0.1, 0.15) is 0 Å². The van der Waals surface area contributed by atoms with Crippen molar-refractivity contribution in [3.8, 4) is 11.8 Å². The Bertz CT molecular complexity index is 319. The van der Waals surface area contributed by atoms with Crippen LogP contribution in [-0.2, 0) is 9.53 Å². The zero-order valence-electron chi connectivity index (χ0n) is 7.82. The minimum absolute atomic E-state index is 0.396. The number of benzene rings is 1. The maximum absolute atomic E-state index is 9.68. The third kappa shape index (κ3) is 4.32. The van der Waals surface area contributed by atoms with E-state index in [0.29, 0.717) is 6.61 Å². The Morgan fingerprint density at radius 3 is 2.71 bits per heavy atom. The van der Waals surface area contributed by atoms with Crippen LogP contribution in [0.25, 0.3) is 0 Å². The van der Waals surface area contributed by atoms with Gasteiger partial charge >= 0.3 is 6.47 Å². The van der Waals surface area contributed by atoms with Gasteiger partial charge in [-0.15, -0.1) is 0 Å². The van der Waals surface area contributed by atoms with Crippen LogP contribution in [0.5, 0.6) is 0 Å². The molecule has 0 N–H and O–H groups in total. The first-order chi connectivity index (χ1) is 6.93. The minimum Gasteiger partial charge on any atom is -0.457 e. The second-order valence-electron chi connectivity index (χ2n) is 2.70. The molecular weight excluding hydrogens is 176 g/mol. The highest BCUT2D eigenvalue weighted by Gasteiger charge is 1.84. The summed E-state index contributed by atoms with van der Waals surface area (Å²) in [5.41, 5.74) is 1.01. The molecule has 0 spiro atoms. The molecule has 0 amide bonds. The Kier molecular flexibility index (Phi) is 4.97. The topological polar surface area (TPSA) is 26.3 Å². The van der Waals surface area contributed by atoms with Crippen LogP contribution in [0.3, 0.4) is 0 Å². The van der Waals surface area contributed by atoms with Crippen molar-refractivity contribution < 1.29 is 9.53 Å². The third-order valence-electron chi connectivity index (χ3n) is 1.61. The molecule has 2 heteroatoms. The van der Waals surface area contributed by atoms with Gasteiger partial charge in [-0.25, -0.2) is 4.79 Å². The lowest BCUT2D eigenvalue weighted by atomic mass is 10.2. The van der Waals surface area contributed by atoms with Crippen LogP contribution in [0.1, 0.15) is 18.4 Å². The molecule has 0 aromatic heterocycles. The summed E-state index contributed by atoms with van der Waals surface area (Å²) in [6, 6.07) is 9.79. The highest BCUT2D eigenvalue weighted by Crippen LogP contribution is 1.95. The average Bonchev–Trinajstić information content (AvgIpc) is 2.25. The number of hydrogen-bond acceptors (Lipinski definition) is 2. The van der Waals surface area contributed by atoms with Crippen LogP contribution < -0.4 is 0 Å². The van der Waals surface area contributed by atoms with Crippen LogP contribution >= 0.6 is 0 Å². The van der Waals surface area contributed by atoms with Gasteiger partial charge in [0.25, 0.3) is 0 Å². The fraction of sp³-hybridized carbons (Fsp3) is 0.250. The van der Waals surface area contributed by atoms with Gasteiger partial charge in [-0.05, 0) is 18.6 Å². The molecule has 1 aromatic rings. The molecule has 1 radical (unpaired) electrons. The molecule has 0 fully saturated rings. The van der Waals surface area contributed by atoms with Crippen molar-refractivity contribution in [3.63, 3.8) is 0 Å². The summed E-state index contributed by atoms with van der Waals surface area (Å²) < 4.78 is 4.41. The standard InChI is InChI=1S/C12H11O2/c13-11-14-10-6-2-5-9-12-7-3-1-4-8-12/h1,3-4,7-8H,2,6,10H2. The van der Waals surface area contributed by atoms with Crippen molar-refractivity contribution in [1.82, 2.24) is 0 Å². The van der Waals surface area contributed by atoms with Crippen molar-refractivity contribution >= 4 is 6.47 Å². The Morgan fingerprint density at radius 1 is 1.21 bits per heavy atom. The highest BCUT2D eigenvalue weighted by atomic mass is 16.5. The Labute approximate surface area is 83.9 Å². The van der Waals surface area contributed by atoms with E-state index in [2.05, 4.69) is 16.6 Å². The Hall–Kier alpha value is -1.75. The van der Waals surface area contributed by atoms with Gasteiger partial charge in [-0.2, -0.15) is 0 Å². The van der Waals surface area contributed by atoms with Gasteiger partial charge in [-0.3, -0.25) is 0 Å². The van der Waals surface area contributed by atoms with E-state index in [1.807, 2.05) is 30.3 Å². The smallest absolute Gasteiger partial charge is 0.417 e. The molecular formula is C12H11O2. The zero-order valence-corrected chi connectivity index (χ0v) is 7.82. The maximum atomic E-state index is 9.68. The number of unbranched alkanes of at least 4 members (excludes halogenated alkanes) is 1. The van der Waals surface area contributed by atoms with Crippen molar-refractivity contribution in [2.24, 2.45) is 0 Å². The van der Waals surface area contributed by atoms with Gasteiger partial charge in [0, 0.05) is 12.0 Å². The van der Waals surface area contributed by atoms with Gasteiger partial charge in [0.15, 0.2) is 0 Å². The minimum atomic E-state index is 0.396. The predicted octanol–water partition coefficient (Wildman–Crippen LogP) is 1.90. The second kappa shape index (κ2) is 6.73. The monoisotopic (exact) mass is 187 g/mol. The first kappa shape index (κ1) is 10.3. The van der Waals surface area contributed by atoms with E-state index in [1.165, 1.54) is 6.47 Å². The fourth-order valence-corrected chi connectivity index (χ4v) is 0.960. The summed E-state index contributed by atoms with van der Waals surface area (Å²) in [6.45, 7) is 1.77. The molecule has 1 rings (SSSR count). The van der Waals surface area contributed by atoms with E-state index in [4.69, 9.17) is 0 Å². The molecule has 0 aliphatic heterocycles. The van der Waals surface area contributed by atoms with E-state index < -0.39 is 0 Å². The third-order valence-corrected chi connectivity index (χ3v) is 1.61. The van der Waals surface area contributed by atoms with Crippen molar-refractivity contribution in [3.05, 3.63) is 35.9 Å². The van der Waals surface area contributed by atoms with Crippen LogP contribution in [0.4, 0.5) is 0 Å². The quantitative estimate of drug-likeness (QED) is 0.531. The average molecular weight is 187 g/mol. The molecule has 0 saturated carbocycles. The predicted molar refractivity (Wildman–Crippen MR) is 54.2 cm³/mol. The normalized spacial score (nSPS) is 8.57. The van der Waals surface area contributed by atoms with E-state index in [9.17, 15) is 4.79 Å². The number of rotatable bonds is 4. The number of hydrogen-bond donors (Lipinski definition) is 0. The van der Waals surface area contributed by atoms with Gasteiger partial charge in [0.2, 0.25) is 0 Å². The molecule has 0 atom stereocenters. The van der Waals surface area contributed by atoms with Gasteiger partial charge in [-0.1, -0.05) is 30.0 Å². The summed E-state index contributed by atoms with van der Waals surface area (Å²) in [4.78, 5) is 9.68. The van der Waals surface area contributed by atoms with Gasteiger partial charge in [0.05, 0.1) is 6.61 Å². The lowest BCUT2D eigenvalue weighted by Crippen LogP contribution is -1.89. The molecule has 0 saturated heterocycles. The largest absolute Gasteiger partial charge is 0.457 e. The highest BCUT2D eigenvalue weighted by molar-refractivity contribution is 5.38. The van der Waals surface area contributed by atoms with E-state index in [0.717, 1.165) is 18.4 Å². The number of carbonyl (C=O) groups excluding carboxylic acids is 1. The first-order valence-electron chi connectivity index (χ1n) is 4.46. The summed E-state index contributed by atoms with van der Waals surface area (Å²) in [5, 5.41) is 0. The fourth-order valence-electron chi connectivity index (χ4n) is 0.960. The van der Waals surface area contributed by atoms with Crippen molar-refractivity contribution in [1.29, 1.82) is 0 Å². The molecule has 71 valence electrons. The molecule has 2 nitrogen and oxygen atoms in total. The molecule has 0 unspecified atom stereocenters. The second-order valence-corrected chi connectivity index (χ2v) is 2.70. The van der Waals surface area contributed by atoms with E-state index >= 15 is 0 Å². The molecule has 0 aliphatic rings. The molecule has 0 aliphatic carbocycles. The van der Waals surface area contributed by atoms with Crippen LogP contribution in [0.15, 0.2) is 30.3 Å². The molecule has 0 heterocycles. The molecule has 14 heavy (non-hydrogen) atoms. The van der Waals surface area contributed by atoms with E-state index in [-0.39, 0.29) is 0 Å². The van der Waals surface area contributed by atoms with Crippen LogP contribution in [-0.4, -0.2) is 13.1 Å². The lowest BCUT2D eigenvalue weighted by Gasteiger charge is -1.91. The van der Waals surface area contributed by atoms with Crippen molar-refractivity contribution in [2.75, 3.05) is 6.61 Å². The molecule has 1 aromatic carbocycles. The first-order valence-corrected chi connectivity index (χ1v) is 4.46. The lowest BCUT2D eigenvalue weighted by molar-refractivity contribution is 0.274. The zero-order chi connectivity index (χ0) is 10.1. The Balaban J connectivity index is 2.24. The van der Waals surface area contributed by atoms with Gasteiger partial charge < -0.3 is 4.74 Å². The number of ether oxygens (including phenoxy) is 1. The van der Waals surface area contributed by atoms with Crippen LogP contribution in [0, 0.1) is 11.8 Å². The summed E-state index contributed by atoms with van der Waals surface area (Å²) in [7, 11) is 0. The maximum Gasteiger partial charge on any atom is 0.417 e. The Morgan fingerprint density at radius 2 is 2.00 bits per heavy atom. The van der Waals surface area contributed by atoms with Crippen LogP contribution in [0.2, 0.25) is 0 Å². The SMILES string of the molecule is O=[C]OCCCC#Cc1ccccc1.